The molecule has 0 aliphatic carbocycles. The summed E-state index contributed by atoms with van der Waals surface area (Å²) in [6.07, 6.45) is 3.89. The van der Waals surface area contributed by atoms with Gasteiger partial charge in [-0.3, -0.25) is 4.79 Å². The molecule has 1 aromatic heterocycles. The van der Waals surface area contributed by atoms with Crippen LogP contribution in [0.5, 0.6) is 0 Å². The van der Waals surface area contributed by atoms with E-state index in [0.717, 1.165) is 10.8 Å². The van der Waals surface area contributed by atoms with Gasteiger partial charge in [0.1, 0.15) is 0 Å². The first-order valence-corrected chi connectivity index (χ1v) is 6.67. The minimum absolute atomic E-state index is 0.0192. The topological polar surface area (TPSA) is 62.5 Å². The van der Waals surface area contributed by atoms with Crippen LogP contribution in [0.2, 0.25) is 0 Å². The maximum absolute atomic E-state index is 12.2. The van der Waals surface area contributed by atoms with E-state index >= 15 is 0 Å². The number of fused-ring (bicyclic) bond motifs is 1. The Morgan fingerprint density at radius 3 is 2.05 bits per heavy atom. The largest absolute Gasteiger partial charge is 0.488 e. The number of hydrogen-bond donors (Lipinski definition) is 2. The summed E-state index contributed by atoms with van der Waals surface area (Å²) in [5.74, 6) is -0.0192. The summed E-state index contributed by atoms with van der Waals surface area (Å²) in [6.45, 7) is 0.260. The van der Waals surface area contributed by atoms with Crippen LogP contribution in [0.15, 0.2) is 60.9 Å². The molecule has 0 radical (unpaired) electrons. The van der Waals surface area contributed by atoms with Crippen molar-refractivity contribution in [3.63, 3.8) is 0 Å². The lowest BCUT2D eigenvalue weighted by Crippen LogP contribution is -2.29. The average Bonchev–Trinajstić information content (AvgIpc) is 2.89. The first-order valence-electron chi connectivity index (χ1n) is 6.67. The van der Waals surface area contributed by atoms with Crippen LogP contribution in [0, 0.1) is 0 Å². The fraction of sp³-hybridized carbons (Fsp3) is 0.0625. The molecule has 3 aromatic rings. The summed E-state index contributed by atoms with van der Waals surface area (Å²) in [5, 5.41) is 20.3. The number of nitrogens with zero attached hydrogens (tertiary/aromatic N) is 1. The summed E-state index contributed by atoms with van der Waals surface area (Å²) in [5.41, 5.74) is 0.926. The Balaban J connectivity index is 1.79. The molecule has 0 bridgehead atoms. The van der Waals surface area contributed by atoms with Crippen LogP contribution in [0.3, 0.4) is 0 Å². The van der Waals surface area contributed by atoms with Crippen LogP contribution in [0.4, 0.5) is 0 Å². The average molecular weight is 279 g/mol. The van der Waals surface area contributed by atoms with Gasteiger partial charge < -0.3 is 14.6 Å². The third-order valence-electron chi connectivity index (χ3n) is 3.46. The summed E-state index contributed by atoms with van der Waals surface area (Å²) in [6, 6.07) is 14.3. The molecular formula is C16H14BNO3. The quantitative estimate of drug-likeness (QED) is 0.557. The van der Waals surface area contributed by atoms with Crippen molar-refractivity contribution in [2.24, 2.45) is 0 Å². The lowest BCUT2D eigenvalue weighted by Gasteiger charge is -2.04. The second kappa shape index (κ2) is 5.56. The van der Waals surface area contributed by atoms with E-state index in [0.29, 0.717) is 11.0 Å². The Kier molecular flexibility index (Phi) is 3.60. The van der Waals surface area contributed by atoms with Gasteiger partial charge in [0.2, 0.25) is 0 Å². The van der Waals surface area contributed by atoms with Crippen LogP contribution in [0.25, 0.3) is 10.8 Å². The molecule has 5 heteroatoms. The van der Waals surface area contributed by atoms with Gasteiger partial charge >= 0.3 is 7.12 Å². The van der Waals surface area contributed by atoms with Crippen molar-refractivity contribution in [2.45, 2.75) is 6.54 Å². The maximum atomic E-state index is 12.2. The normalized spacial score (nSPS) is 10.8. The van der Waals surface area contributed by atoms with Crippen molar-refractivity contribution < 1.29 is 14.8 Å². The molecule has 4 nitrogen and oxygen atoms in total. The molecule has 0 aliphatic rings. The van der Waals surface area contributed by atoms with E-state index in [1.54, 1.807) is 24.3 Å². The van der Waals surface area contributed by atoms with E-state index < -0.39 is 7.12 Å². The molecule has 0 atom stereocenters. The molecule has 0 unspecified atom stereocenters. The zero-order valence-electron chi connectivity index (χ0n) is 11.3. The Hall–Kier alpha value is -2.37. The Morgan fingerprint density at radius 1 is 0.952 bits per heavy atom. The van der Waals surface area contributed by atoms with E-state index in [9.17, 15) is 4.79 Å². The summed E-state index contributed by atoms with van der Waals surface area (Å²) >= 11 is 0. The molecule has 0 amide bonds. The van der Waals surface area contributed by atoms with Gasteiger partial charge in [-0.05, 0) is 16.2 Å². The summed E-state index contributed by atoms with van der Waals surface area (Å²) in [7, 11) is -1.51. The van der Waals surface area contributed by atoms with Crippen molar-refractivity contribution >= 4 is 29.1 Å². The maximum Gasteiger partial charge on any atom is 0.488 e. The number of benzene rings is 2. The molecule has 2 N–H and O–H groups in total. The number of rotatable bonds is 4. The number of carbonyl (C=O) groups is 1. The lowest BCUT2D eigenvalue weighted by molar-refractivity contribution is 0.0972. The van der Waals surface area contributed by atoms with Crippen molar-refractivity contribution in [1.82, 2.24) is 4.57 Å². The highest BCUT2D eigenvalue weighted by molar-refractivity contribution is 6.58. The molecule has 0 spiro atoms. The van der Waals surface area contributed by atoms with Crippen LogP contribution < -0.4 is 5.46 Å². The fourth-order valence-corrected chi connectivity index (χ4v) is 2.33. The molecule has 104 valence electrons. The van der Waals surface area contributed by atoms with E-state index in [1.165, 1.54) is 0 Å². The first-order chi connectivity index (χ1) is 10.1. The van der Waals surface area contributed by atoms with Crippen molar-refractivity contribution in [3.8, 4) is 0 Å². The molecule has 0 fully saturated rings. The van der Waals surface area contributed by atoms with Crippen molar-refractivity contribution in [2.75, 3.05) is 0 Å². The Bertz CT molecular complexity index is 745. The van der Waals surface area contributed by atoms with Crippen LogP contribution in [0.1, 0.15) is 10.4 Å². The molecule has 1 heterocycles. The lowest BCUT2D eigenvalue weighted by atomic mass is 9.80. The number of hydrogen-bond acceptors (Lipinski definition) is 3. The van der Waals surface area contributed by atoms with Gasteiger partial charge in [0.25, 0.3) is 0 Å². The molecule has 3 rings (SSSR count). The number of aromatic nitrogens is 1. The van der Waals surface area contributed by atoms with Gasteiger partial charge in [0.15, 0.2) is 5.78 Å². The molecular weight excluding hydrogens is 265 g/mol. The van der Waals surface area contributed by atoms with E-state index in [4.69, 9.17) is 10.0 Å². The molecule has 0 saturated heterocycles. The number of carbonyl (C=O) groups excluding carboxylic acids is 1. The zero-order valence-corrected chi connectivity index (χ0v) is 11.3. The fourth-order valence-electron chi connectivity index (χ4n) is 2.33. The van der Waals surface area contributed by atoms with Crippen molar-refractivity contribution in [3.05, 3.63) is 66.5 Å². The molecule has 21 heavy (non-hydrogen) atoms. The SMILES string of the molecule is O=C(Cn1cc2ccccc2c1)c1ccc(B(O)O)cc1. The second-order valence-electron chi connectivity index (χ2n) is 4.98. The zero-order chi connectivity index (χ0) is 14.8. The van der Waals surface area contributed by atoms with E-state index in [1.807, 2.05) is 41.2 Å². The van der Waals surface area contributed by atoms with Crippen molar-refractivity contribution in [1.29, 1.82) is 0 Å². The highest BCUT2D eigenvalue weighted by Crippen LogP contribution is 2.15. The van der Waals surface area contributed by atoms with Gasteiger partial charge in [-0.25, -0.2) is 0 Å². The minimum atomic E-state index is -1.51. The highest BCUT2D eigenvalue weighted by atomic mass is 16.4. The van der Waals surface area contributed by atoms with Gasteiger partial charge in [0, 0.05) is 18.0 Å². The van der Waals surface area contributed by atoms with Gasteiger partial charge in [-0.2, -0.15) is 0 Å². The van der Waals surface area contributed by atoms with E-state index in [2.05, 4.69) is 0 Å². The predicted octanol–water partition coefficient (Wildman–Crippen LogP) is 1.20. The number of Topliss-reactive ketones (excluding diaryl/α,β-unsaturated/α-hetero) is 1. The Morgan fingerprint density at radius 2 is 1.52 bits per heavy atom. The smallest absolute Gasteiger partial charge is 0.423 e. The third-order valence-corrected chi connectivity index (χ3v) is 3.46. The Labute approximate surface area is 122 Å². The van der Waals surface area contributed by atoms with Crippen LogP contribution >= 0.6 is 0 Å². The predicted molar refractivity (Wildman–Crippen MR) is 82.5 cm³/mol. The molecule has 2 aromatic carbocycles. The van der Waals surface area contributed by atoms with Gasteiger partial charge in [-0.15, -0.1) is 0 Å². The van der Waals surface area contributed by atoms with Crippen LogP contribution in [-0.2, 0) is 6.54 Å². The molecule has 0 saturated carbocycles. The minimum Gasteiger partial charge on any atom is -0.423 e. The molecule has 0 aliphatic heterocycles. The highest BCUT2D eigenvalue weighted by Gasteiger charge is 2.12. The van der Waals surface area contributed by atoms with E-state index in [-0.39, 0.29) is 12.3 Å². The second-order valence-corrected chi connectivity index (χ2v) is 4.98. The summed E-state index contributed by atoms with van der Waals surface area (Å²) < 4.78 is 1.86. The third kappa shape index (κ3) is 2.89. The standard InChI is InChI=1S/C16H14BNO3/c19-16(12-5-7-15(8-6-12)17(20)21)11-18-9-13-3-1-2-4-14(13)10-18/h1-10,20-21H,11H2. The van der Waals surface area contributed by atoms with Crippen LogP contribution in [-0.4, -0.2) is 27.5 Å². The number of ketones is 1. The van der Waals surface area contributed by atoms with Gasteiger partial charge in [-0.1, -0.05) is 48.5 Å². The van der Waals surface area contributed by atoms with Gasteiger partial charge in [0.05, 0.1) is 6.54 Å². The monoisotopic (exact) mass is 279 g/mol. The first kappa shape index (κ1) is 13.6. The summed E-state index contributed by atoms with van der Waals surface area (Å²) in [4.78, 5) is 12.2.